The Bertz CT molecular complexity index is 940. The van der Waals surface area contributed by atoms with E-state index in [1.807, 2.05) is 24.3 Å². The van der Waals surface area contributed by atoms with Crippen LogP contribution in [-0.4, -0.2) is 29.3 Å². The number of hydrogen-bond donors (Lipinski definition) is 1. The number of pyridine rings is 1. The highest BCUT2D eigenvalue weighted by Gasteiger charge is 2.22. The highest BCUT2D eigenvalue weighted by molar-refractivity contribution is 6.35. The quantitative estimate of drug-likeness (QED) is 0.661. The minimum absolute atomic E-state index is 0.132. The molecule has 0 bridgehead atoms. The molecule has 0 saturated carbocycles. The molecule has 0 radical (unpaired) electrons. The van der Waals surface area contributed by atoms with Crippen LogP contribution in [0.1, 0.15) is 12.8 Å². The van der Waals surface area contributed by atoms with Gasteiger partial charge in [-0.15, -0.1) is 0 Å². The molecule has 1 aliphatic rings. The largest absolute Gasteiger partial charge is 0.507 e. The number of ether oxygens (including phenoxy) is 1. The van der Waals surface area contributed by atoms with E-state index in [0.717, 1.165) is 42.5 Å². The van der Waals surface area contributed by atoms with Gasteiger partial charge in [-0.1, -0.05) is 23.2 Å². The van der Waals surface area contributed by atoms with Crippen molar-refractivity contribution in [1.29, 1.82) is 0 Å². The zero-order valence-corrected chi connectivity index (χ0v) is 15.5. The van der Waals surface area contributed by atoms with E-state index in [4.69, 9.17) is 27.9 Å². The molecule has 0 spiro atoms. The molecule has 2 aromatic carbocycles. The Kier molecular flexibility index (Phi) is 4.79. The molecule has 6 heteroatoms. The molecule has 0 unspecified atom stereocenters. The van der Waals surface area contributed by atoms with Gasteiger partial charge in [0.05, 0.1) is 10.5 Å². The average molecular weight is 389 g/mol. The number of fused-ring (bicyclic) bond motifs is 1. The third-order valence-corrected chi connectivity index (χ3v) is 5.23. The fourth-order valence-electron chi connectivity index (χ4n) is 3.30. The minimum Gasteiger partial charge on any atom is -0.507 e. The molecule has 1 aromatic heterocycles. The monoisotopic (exact) mass is 388 g/mol. The smallest absolute Gasteiger partial charge is 0.138 e. The summed E-state index contributed by atoms with van der Waals surface area (Å²) < 4.78 is 6.05. The van der Waals surface area contributed by atoms with E-state index in [1.54, 1.807) is 24.4 Å². The Morgan fingerprint density at radius 1 is 1.04 bits per heavy atom. The fraction of sp³-hybridized carbons (Fsp3) is 0.250. The Labute approximate surface area is 161 Å². The van der Waals surface area contributed by atoms with Crippen LogP contribution < -0.4 is 9.64 Å². The van der Waals surface area contributed by atoms with Crippen LogP contribution in [0.15, 0.2) is 48.7 Å². The Morgan fingerprint density at radius 2 is 1.85 bits per heavy atom. The maximum atomic E-state index is 9.90. The number of benzene rings is 2. The molecule has 4 rings (SSSR count). The van der Waals surface area contributed by atoms with Gasteiger partial charge in [0.2, 0.25) is 0 Å². The number of rotatable bonds is 3. The Balaban J connectivity index is 1.43. The molecule has 0 aliphatic carbocycles. The van der Waals surface area contributed by atoms with Crippen molar-refractivity contribution in [2.45, 2.75) is 18.9 Å². The van der Waals surface area contributed by atoms with E-state index < -0.39 is 0 Å². The third-order valence-electron chi connectivity index (χ3n) is 4.70. The zero-order valence-electron chi connectivity index (χ0n) is 14.0. The van der Waals surface area contributed by atoms with Gasteiger partial charge in [-0.25, -0.2) is 0 Å². The summed E-state index contributed by atoms with van der Waals surface area (Å²) in [5.41, 5.74) is 1.91. The lowest BCUT2D eigenvalue weighted by Crippen LogP contribution is -2.38. The molecule has 26 heavy (non-hydrogen) atoms. The molecular weight excluding hydrogens is 371 g/mol. The van der Waals surface area contributed by atoms with Gasteiger partial charge in [0.15, 0.2) is 0 Å². The molecule has 4 nitrogen and oxygen atoms in total. The van der Waals surface area contributed by atoms with Crippen LogP contribution in [0.4, 0.5) is 5.69 Å². The summed E-state index contributed by atoms with van der Waals surface area (Å²) in [4.78, 5) is 6.66. The van der Waals surface area contributed by atoms with Crippen molar-refractivity contribution < 1.29 is 9.84 Å². The van der Waals surface area contributed by atoms with Crippen LogP contribution in [-0.2, 0) is 0 Å². The lowest BCUT2D eigenvalue weighted by atomic mass is 10.1. The van der Waals surface area contributed by atoms with Crippen LogP contribution in [0.2, 0.25) is 10.0 Å². The third kappa shape index (κ3) is 3.53. The molecule has 0 atom stereocenters. The first-order valence-electron chi connectivity index (χ1n) is 8.54. The fourth-order valence-corrected chi connectivity index (χ4v) is 3.75. The van der Waals surface area contributed by atoms with Crippen molar-refractivity contribution in [2.75, 3.05) is 18.0 Å². The lowest BCUT2D eigenvalue weighted by molar-refractivity contribution is 0.171. The van der Waals surface area contributed by atoms with Crippen molar-refractivity contribution in [3.63, 3.8) is 0 Å². The van der Waals surface area contributed by atoms with Crippen LogP contribution in [0, 0.1) is 0 Å². The standard InChI is InChI=1S/C20H18Cl2N2O2/c21-13-1-4-20(17(22)11-13)26-15-6-9-24(10-7-15)14-2-3-16-18(12-14)23-8-5-19(16)25/h1-5,8,11-12,15H,6-7,9-10H2,(H,23,25). The second kappa shape index (κ2) is 7.22. The molecule has 1 saturated heterocycles. The second-order valence-electron chi connectivity index (χ2n) is 6.41. The molecule has 1 N–H and O–H groups in total. The second-order valence-corrected chi connectivity index (χ2v) is 7.25. The number of anilines is 1. The van der Waals surface area contributed by atoms with E-state index in [1.165, 1.54) is 0 Å². The van der Waals surface area contributed by atoms with Crippen LogP contribution in [0.5, 0.6) is 11.5 Å². The number of aromatic hydroxyl groups is 1. The van der Waals surface area contributed by atoms with Crippen LogP contribution in [0.25, 0.3) is 10.9 Å². The van der Waals surface area contributed by atoms with Gasteiger partial charge in [0.25, 0.3) is 0 Å². The summed E-state index contributed by atoms with van der Waals surface area (Å²) in [6, 6.07) is 12.9. The minimum atomic E-state index is 0.132. The number of hydrogen-bond acceptors (Lipinski definition) is 4. The summed E-state index contributed by atoms with van der Waals surface area (Å²) in [6.45, 7) is 1.78. The van der Waals surface area contributed by atoms with E-state index in [-0.39, 0.29) is 11.9 Å². The normalized spacial score (nSPS) is 15.4. The molecule has 3 aromatic rings. The van der Waals surface area contributed by atoms with Gasteiger partial charge in [0.1, 0.15) is 17.6 Å². The van der Waals surface area contributed by atoms with E-state index in [0.29, 0.717) is 15.8 Å². The maximum Gasteiger partial charge on any atom is 0.138 e. The summed E-state index contributed by atoms with van der Waals surface area (Å²) in [5.74, 6) is 0.938. The first kappa shape index (κ1) is 17.3. The molecule has 1 aliphatic heterocycles. The zero-order chi connectivity index (χ0) is 18.1. The predicted octanol–water partition coefficient (Wildman–Crippen LogP) is 5.30. The molecule has 0 amide bonds. The summed E-state index contributed by atoms with van der Waals surface area (Å²) in [5, 5.41) is 11.8. The van der Waals surface area contributed by atoms with Crippen molar-refractivity contribution in [3.8, 4) is 11.5 Å². The van der Waals surface area contributed by atoms with Crippen molar-refractivity contribution >= 4 is 39.8 Å². The van der Waals surface area contributed by atoms with Crippen molar-refractivity contribution in [1.82, 2.24) is 4.98 Å². The molecule has 134 valence electrons. The van der Waals surface area contributed by atoms with Gasteiger partial charge in [-0.3, -0.25) is 4.98 Å². The first-order chi connectivity index (χ1) is 12.6. The Morgan fingerprint density at radius 3 is 2.62 bits per heavy atom. The highest BCUT2D eigenvalue weighted by Crippen LogP contribution is 2.32. The van der Waals surface area contributed by atoms with Crippen molar-refractivity contribution in [3.05, 3.63) is 58.7 Å². The maximum absolute atomic E-state index is 9.90. The van der Waals surface area contributed by atoms with E-state index in [9.17, 15) is 5.11 Å². The lowest BCUT2D eigenvalue weighted by Gasteiger charge is -2.34. The van der Waals surface area contributed by atoms with Gasteiger partial charge in [0, 0.05) is 48.2 Å². The molecular formula is C20H18Cl2N2O2. The van der Waals surface area contributed by atoms with Gasteiger partial charge >= 0.3 is 0 Å². The number of piperidine rings is 1. The van der Waals surface area contributed by atoms with E-state index >= 15 is 0 Å². The number of halogens is 2. The first-order valence-corrected chi connectivity index (χ1v) is 9.30. The van der Waals surface area contributed by atoms with Crippen LogP contribution >= 0.6 is 23.2 Å². The highest BCUT2D eigenvalue weighted by atomic mass is 35.5. The topological polar surface area (TPSA) is 45.6 Å². The summed E-state index contributed by atoms with van der Waals surface area (Å²) >= 11 is 12.1. The SMILES string of the molecule is Oc1ccnc2cc(N3CCC(Oc4ccc(Cl)cc4Cl)CC3)ccc12. The van der Waals surface area contributed by atoms with Crippen LogP contribution in [0.3, 0.4) is 0 Å². The predicted molar refractivity (Wildman–Crippen MR) is 106 cm³/mol. The van der Waals surface area contributed by atoms with Gasteiger partial charge in [-0.2, -0.15) is 0 Å². The molecule has 2 heterocycles. The Hall–Kier alpha value is -2.17. The summed E-state index contributed by atoms with van der Waals surface area (Å²) in [7, 11) is 0. The summed E-state index contributed by atoms with van der Waals surface area (Å²) in [6.07, 6.45) is 3.57. The average Bonchev–Trinajstić information content (AvgIpc) is 2.65. The van der Waals surface area contributed by atoms with Gasteiger partial charge < -0.3 is 14.7 Å². The number of aromatic nitrogens is 1. The van der Waals surface area contributed by atoms with E-state index in [2.05, 4.69) is 9.88 Å². The number of nitrogens with zero attached hydrogens (tertiary/aromatic N) is 2. The van der Waals surface area contributed by atoms with Crippen molar-refractivity contribution in [2.24, 2.45) is 0 Å². The van der Waals surface area contributed by atoms with Gasteiger partial charge in [-0.05, 0) is 42.5 Å². The molecule has 1 fully saturated rings.